The molecule has 0 aliphatic heterocycles. The number of carbonyl (C=O) groups excluding carboxylic acids is 1. The number of anilines is 3. The van der Waals surface area contributed by atoms with Crippen LogP contribution in [0.25, 0.3) is 15.9 Å². The first-order valence-electron chi connectivity index (χ1n) is 10.4. The fourth-order valence-corrected chi connectivity index (χ4v) is 4.36. The number of amides is 1. The van der Waals surface area contributed by atoms with Crippen molar-refractivity contribution in [3.05, 3.63) is 93.3 Å². The minimum absolute atomic E-state index is 0.256. The van der Waals surface area contributed by atoms with Gasteiger partial charge in [0.25, 0.3) is 11.5 Å². The third kappa shape index (κ3) is 3.96. The van der Waals surface area contributed by atoms with Gasteiger partial charge in [-0.25, -0.2) is 4.98 Å². The number of fused-ring (bicyclic) bond motifs is 2. The monoisotopic (exact) mass is 455 g/mol. The summed E-state index contributed by atoms with van der Waals surface area (Å²) in [6.07, 6.45) is 0. The van der Waals surface area contributed by atoms with Crippen LogP contribution >= 0.6 is 11.3 Å². The second kappa shape index (κ2) is 8.14. The highest BCUT2D eigenvalue weighted by atomic mass is 32.1. The van der Waals surface area contributed by atoms with Crippen molar-refractivity contribution in [3.63, 3.8) is 0 Å². The molecule has 2 N–H and O–H groups in total. The van der Waals surface area contributed by atoms with Crippen LogP contribution in [0.15, 0.2) is 65.5 Å². The summed E-state index contributed by atoms with van der Waals surface area (Å²) in [7, 11) is 0. The molecule has 3 aromatic carbocycles. The van der Waals surface area contributed by atoms with Crippen LogP contribution in [-0.2, 0) is 0 Å². The van der Waals surface area contributed by atoms with Gasteiger partial charge in [-0.2, -0.15) is 4.52 Å². The molecule has 2 heterocycles. The standard InChI is InChI=1S/C25H21N5O2S/c1-14-8-10-18(12-16(14)3)26-22(31)17-9-11-19-21(13-17)28-25-30(23(19)32)29-24(33-25)27-20-7-5-4-6-15(20)2/h4-13H,1-3H3,(H,26,31)(H,27,29). The van der Waals surface area contributed by atoms with Gasteiger partial charge in [-0.3, -0.25) is 9.59 Å². The van der Waals surface area contributed by atoms with Crippen LogP contribution in [-0.4, -0.2) is 20.5 Å². The molecule has 0 fully saturated rings. The van der Waals surface area contributed by atoms with Gasteiger partial charge in [0, 0.05) is 16.9 Å². The number of benzene rings is 3. The SMILES string of the molecule is Cc1ccc(NC(=O)c2ccc3c(=O)n4nc(Nc5ccccc5C)sc4nc3c2)cc1C. The van der Waals surface area contributed by atoms with Crippen molar-refractivity contribution in [2.45, 2.75) is 20.8 Å². The lowest BCUT2D eigenvalue weighted by Gasteiger charge is -2.08. The summed E-state index contributed by atoms with van der Waals surface area (Å²) in [5.74, 6) is -0.256. The van der Waals surface area contributed by atoms with E-state index < -0.39 is 0 Å². The summed E-state index contributed by atoms with van der Waals surface area (Å²) in [6, 6.07) is 18.5. The number of aromatic nitrogens is 3. The molecule has 164 valence electrons. The van der Waals surface area contributed by atoms with Gasteiger partial charge < -0.3 is 10.6 Å². The number of hydrogen-bond acceptors (Lipinski definition) is 6. The molecule has 0 radical (unpaired) electrons. The molecule has 0 aliphatic carbocycles. The second-order valence-corrected chi connectivity index (χ2v) is 8.90. The normalized spacial score (nSPS) is 11.1. The summed E-state index contributed by atoms with van der Waals surface area (Å²) in [6.45, 7) is 6.02. The predicted octanol–water partition coefficient (Wildman–Crippen LogP) is 5.23. The van der Waals surface area contributed by atoms with Gasteiger partial charge in [-0.05, 0) is 73.9 Å². The van der Waals surface area contributed by atoms with E-state index in [4.69, 9.17) is 0 Å². The summed E-state index contributed by atoms with van der Waals surface area (Å²) in [5.41, 5.74) is 5.59. The third-order valence-electron chi connectivity index (χ3n) is 5.61. The molecule has 0 aliphatic rings. The van der Waals surface area contributed by atoms with Gasteiger partial charge in [0.05, 0.1) is 10.9 Å². The van der Waals surface area contributed by atoms with Crippen LogP contribution in [0, 0.1) is 20.8 Å². The Kier molecular flexibility index (Phi) is 5.14. The average Bonchev–Trinajstić information content (AvgIpc) is 3.20. The van der Waals surface area contributed by atoms with Crippen molar-refractivity contribution in [1.82, 2.24) is 14.6 Å². The lowest BCUT2D eigenvalue weighted by molar-refractivity contribution is 0.102. The molecule has 0 spiro atoms. The number of para-hydroxylation sites is 1. The molecule has 7 nitrogen and oxygen atoms in total. The first-order valence-corrected chi connectivity index (χ1v) is 11.3. The van der Waals surface area contributed by atoms with E-state index in [1.165, 1.54) is 15.9 Å². The maximum atomic E-state index is 13.0. The van der Waals surface area contributed by atoms with E-state index in [0.29, 0.717) is 26.6 Å². The van der Waals surface area contributed by atoms with E-state index in [1.54, 1.807) is 18.2 Å². The first kappa shape index (κ1) is 20.8. The maximum Gasteiger partial charge on any atom is 0.283 e. The van der Waals surface area contributed by atoms with Crippen molar-refractivity contribution in [2.24, 2.45) is 0 Å². The van der Waals surface area contributed by atoms with Gasteiger partial charge in [-0.1, -0.05) is 35.6 Å². The predicted molar refractivity (Wildman–Crippen MR) is 133 cm³/mol. The molecule has 0 saturated heterocycles. The molecule has 8 heteroatoms. The zero-order chi connectivity index (χ0) is 23.1. The highest BCUT2D eigenvalue weighted by Crippen LogP contribution is 2.25. The first-order chi connectivity index (χ1) is 15.9. The molecular weight excluding hydrogens is 434 g/mol. The number of aryl methyl sites for hydroxylation is 3. The van der Waals surface area contributed by atoms with Crippen molar-refractivity contribution >= 4 is 49.6 Å². The largest absolute Gasteiger partial charge is 0.330 e. The van der Waals surface area contributed by atoms with Gasteiger partial charge >= 0.3 is 0 Å². The van der Waals surface area contributed by atoms with Gasteiger partial charge in [0.2, 0.25) is 10.1 Å². The Balaban J connectivity index is 1.49. The van der Waals surface area contributed by atoms with Crippen LogP contribution in [0.3, 0.4) is 0 Å². The molecule has 0 saturated carbocycles. The van der Waals surface area contributed by atoms with E-state index in [-0.39, 0.29) is 11.5 Å². The number of rotatable bonds is 4. The Morgan fingerprint density at radius 2 is 1.76 bits per heavy atom. The number of carbonyl (C=O) groups is 1. The van der Waals surface area contributed by atoms with Crippen molar-refractivity contribution in [3.8, 4) is 0 Å². The van der Waals surface area contributed by atoms with Gasteiger partial charge in [0.15, 0.2) is 0 Å². The molecule has 33 heavy (non-hydrogen) atoms. The quantitative estimate of drug-likeness (QED) is 0.388. The van der Waals surface area contributed by atoms with Crippen LogP contribution in [0.1, 0.15) is 27.0 Å². The van der Waals surface area contributed by atoms with E-state index in [9.17, 15) is 9.59 Å². The van der Waals surface area contributed by atoms with Crippen molar-refractivity contribution in [1.29, 1.82) is 0 Å². The molecule has 5 rings (SSSR count). The van der Waals surface area contributed by atoms with Crippen LogP contribution in [0.2, 0.25) is 0 Å². The molecule has 0 bridgehead atoms. The highest BCUT2D eigenvalue weighted by Gasteiger charge is 2.14. The van der Waals surface area contributed by atoms with Crippen LogP contribution < -0.4 is 16.2 Å². The molecule has 2 aromatic heterocycles. The Hall–Kier alpha value is -4.04. The Bertz CT molecular complexity index is 1600. The summed E-state index contributed by atoms with van der Waals surface area (Å²) < 4.78 is 1.29. The smallest absolute Gasteiger partial charge is 0.283 e. The molecular formula is C25H21N5O2S. The Labute approximate surface area is 193 Å². The lowest BCUT2D eigenvalue weighted by Crippen LogP contribution is -2.17. The van der Waals surface area contributed by atoms with E-state index in [1.807, 2.05) is 63.2 Å². The van der Waals surface area contributed by atoms with Crippen LogP contribution in [0.4, 0.5) is 16.5 Å². The summed E-state index contributed by atoms with van der Waals surface area (Å²) in [4.78, 5) is 30.9. The fourth-order valence-electron chi connectivity index (χ4n) is 3.55. The van der Waals surface area contributed by atoms with E-state index in [2.05, 4.69) is 20.7 Å². The highest BCUT2D eigenvalue weighted by molar-refractivity contribution is 7.20. The Morgan fingerprint density at radius 1 is 0.939 bits per heavy atom. The zero-order valence-corrected chi connectivity index (χ0v) is 19.2. The van der Waals surface area contributed by atoms with Gasteiger partial charge in [0.1, 0.15) is 0 Å². The Morgan fingerprint density at radius 3 is 2.55 bits per heavy atom. The van der Waals surface area contributed by atoms with Crippen molar-refractivity contribution < 1.29 is 4.79 Å². The second-order valence-electron chi connectivity index (χ2n) is 7.94. The fraction of sp³-hybridized carbons (Fsp3) is 0.120. The summed E-state index contributed by atoms with van der Waals surface area (Å²) >= 11 is 1.28. The number of hydrogen-bond donors (Lipinski definition) is 2. The van der Waals surface area contributed by atoms with Crippen LogP contribution in [0.5, 0.6) is 0 Å². The number of nitrogens with one attached hydrogen (secondary N) is 2. The minimum atomic E-state index is -0.273. The van der Waals surface area contributed by atoms with E-state index >= 15 is 0 Å². The summed E-state index contributed by atoms with van der Waals surface area (Å²) in [5, 5.41) is 11.5. The molecule has 5 aromatic rings. The van der Waals surface area contributed by atoms with E-state index in [0.717, 1.165) is 28.1 Å². The topological polar surface area (TPSA) is 88.4 Å². The lowest BCUT2D eigenvalue weighted by atomic mass is 10.1. The molecule has 0 unspecified atom stereocenters. The maximum absolute atomic E-state index is 13.0. The van der Waals surface area contributed by atoms with Crippen molar-refractivity contribution in [2.75, 3.05) is 10.6 Å². The number of nitrogens with zero attached hydrogens (tertiary/aromatic N) is 3. The zero-order valence-electron chi connectivity index (χ0n) is 18.3. The van der Waals surface area contributed by atoms with Gasteiger partial charge in [-0.15, -0.1) is 5.10 Å². The minimum Gasteiger partial charge on any atom is -0.330 e. The average molecular weight is 456 g/mol. The third-order valence-corrected chi connectivity index (χ3v) is 6.43. The molecule has 1 amide bonds. The molecule has 0 atom stereocenters.